The summed E-state index contributed by atoms with van der Waals surface area (Å²) in [5.74, 6) is 1.14. The maximum atomic E-state index is 12.0. The summed E-state index contributed by atoms with van der Waals surface area (Å²) in [6.07, 6.45) is 5.57. The monoisotopic (exact) mass is 280 g/mol. The molecule has 1 atom stereocenters. The fraction of sp³-hybridized carbons (Fsp3) is 0.533. The average molecular weight is 280 g/mol. The Kier molecular flexibility index (Phi) is 7.41. The molecule has 0 bridgehead atoms. The molecule has 106 valence electrons. The maximum absolute atomic E-state index is 12.0. The lowest BCUT2D eigenvalue weighted by molar-refractivity contribution is -0.122. The second-order valence-electron chi connectivity index (χ2n) is 4.74. The third-order valence-electron chi connectivity index (χ3n) is 3.13. The number of carbonyl (C=O) groups is 1. The largest absolute Gasteiger partial charge is 0.399 e. The van der Waals surface area contributed by atoms with Gasteiger partial charge in [-0.15, -0.1) is 0 Å². The first-order chi connectivity index (χ1) is 9.15. The van der Waals surface area contributed by atoms with Gasteiger partial charge in [0.2, 0.25) is 5.91 Å². The first-order valence-electron chi connectivity index (χ1n) is 6.77. The van der Waals surface area contributed by atoms with Crippen LogP contribution in [0.25, 0.3) is 0 Å². The van der Waals surface area contributed by atoms with Gasteiger partial charge in [-0.2, -0.15) is 11.8 Å². The number of hydrogen-bond donors (Lipinski definition) is 2. The van der Waals surface area contributed by atoms with Crippen LogP contribution in [0.2, 0.25) is 0 Å². The van der Waals surface area contributed by atoms with E-state index in [-0.39, 0.29) is 11.8 Å². The zero-order valence-electron chi connectivity index (χ0n) is 11.8. The van der Waals surface area contributed by atoms with Crippen molar-refractivity contribution in [3.63, 3.8) is 0 Å². The number of amides is 1. The number of benzene rings is 1. The molecule has 0 aliphatic carbocycles. The molecule has 1 amide bonds. The second-order valence-corrected chi connectivity index (χ2v) is 5.72. The van der Waals surface area contributed by atoms with E-state index in [9.17, 15) is 4.79 Å². The summed E-state index contributed by atoms with van der Waals surface area (Å²) in [6.45, 7) is 2.68. The number of rotatable bonds is 8. The van der Waals surface area contributed by atoms with Crippen LogP contribution in [0.3, 0.4) is 0 Å². The van der Waals surface area contributed by atoms with E-state index in [1.165, 1.54) is 18.6 Å². The van der Waals surface area contributed by atoms with Crippen molar-refractivity contribution in [2.75, 3.05) is 24.3 Å². The van der Waals surface area contributed by atoms with Gasteiger partial charge in [-0.25, -0.2) is 0 Å². The van der Waals surface area contributed by atoms with Crippen LogP contribution in [0, 0.1) is 0 Å². The minimum atomic E-state index is -0.144. The summed E-state index contributed by atoms with van der Waals surface area (Å²) >= 11 is 1.87. The van der Waals surface area contributed by atoms with Gasteiger partial charge in [0.15, 0.2) is 0 Å². The number of nitrogen functional groups attached to an aromatic ring is 1. The van der Waals surface area contributed by atoms with Crippen molar-refractivity contribution in [2.24, 2.45) is 0 Å². The molecule has 1 unspecified atom stereocenters. The Labute approximate surface area is 120 Å². The van der Waals surface area contributed by atoms with E-state index in [0.29, 0.717) is 5.69 Å². The highest BCUT2D eigenvalue weighted by Gasteiger charge is 2.14. The molecule has 19 heavy (non-hydrogen) atoms. The minimum Gasteiger partial charge on any atom is -0.399 e. The molecule has 3 nitrogen and oxygen atoms in total. The zero-order valence-corrected chi connectivity index (χ0v) is 12.6. The van der Waals surface area contributed by atoms with Crippen LogP contribution < -0.4 is 11.1 Å². The summed E-state index contributed by atoms with van der Waals surface area (Å²) < 4.78 is 0. The molecule has 0 aliphatic rings. The molecule has 0 saturated heterocycles. The number of hydrogen-bond acceptors (Lipinski definition) is 3. The van der Waals surface area contributed by atoms with Crippen molar-refractivity contribution in [3.05, 3.63) is 29.8 Å². The molecule has 1 aromatic carbocycles. The van der Waals surface area contributed by atoms with E-state index in [1.54, 1.807) is 0 Å². The van der Waals surface area contributed by atoms with Crippen LogP contribution in [0.1, 0.15) is 37.7 Å². The molecule has 0 saturated carbocycles. The summed E-state index contributed by atoms with van der Waals surface area (Å²) in [6, 6.07) is 7.53. The van der Waals surface area contributed by atoms with E-state index in [1.807, 2.05) is 43.0 Å². The standard InChI is InChI=1S/C15H24N2OS/c1-12(13-7-6-8-14(16)11-13)15(18)17-9-4-3-5-10-19-2/h6-8,11-12H,3-5,9-10,16H2,1-2H3,(H,17,18). The first kappa shape index (κ1) is 15.9. The predicted octanol–water partition coefficient (Wildman–Crippen LogP) is 3.02. The fourth-order valence-electron chi connectivity index (χ4n) is 1.89. The Hall–Kier alpha value is -1.16. The van der Waals surface area contributed by atoms with Gasteiger partial charge in [0.1, 0.15) is 0 Å². The molecule has 1 aromatic rings. The molecule has 0 aliphatic heterocycles. The molecule has 0 heterocycles. The Morgan fingerprint density at radius 2 is 2.16 bits per heavy atom. The smallest absolute Gasteiger partial charge is 0.227 e. The molecule has 0 spiro atoms. The van der Waals surface area contributed by atoms with Gasteiger partial charge in [0.05, 0.1) is 5.92 Å². The quantitative estimate of drug-likeness (QED) is 0.568. The van der Waals surface area contributed by atoms with Crippen LogP contribution in [0.15, 0.2) is 24.3 Å². The third kappa shape index (κ3) is 6.01. The van der Waals surface area contributed by atoms with Gasteiger partial charge in [0, 0.05) is 12.2 Å². The number of unbranched alkanes of at least 4 members (excludes halogenated alkanes) is 2. The summed E-state index contributed by atoms with van der Waals surface area (Å²) in [7, 11) is 0. The molecular formula is C15H24N2OS. The zero-order chi connectivity index (χ0) is 14.1. The van der Waals surface area contributed by atoms with Crippen molar-refractivity contribution in [1.82, 2.24) is 5.32 Å². The van der Waals surface area contributed by atoms with Gasteiger partial charge < -0.3 is 11.1 Å². The topological polar surface area (TPSA) is 55.1 Å². The molecule has 0 aromatic heterocycles. The van der Waals surface area contributed by atoms with Gasteiger partial charge in [0.25, 0.3) is 0 Å². The number of anilines is 1. The van der Waals surface area contributed by atoms with Crippen LogP contribution in [-0.2, 0) is 4.79 Å². The molecule has 3 N–H and O–H groups in total. The number of thioether (sulfide) groups is 1. The second kappa shape index (κ2) is 8.86. The lowest BCUT2D eigenvalue weighted by atomic mass is 10.00. The van der Waals surface area contributed by atoms with Crippen LogP contribution in [-0.4, -0.2) is 24.5 Å². The average Bonchev–Trinajstić information content (AvgIpc) is 2.41. The highest BCUT2D eigenvalue weighted by Crippen LogP contribution is 2.17. The summed E-state index contributed by atoms with van der Waals surface area (Å²) in [4.78, 5) is 12.0. The van der Waals surface area contributed by atoms with E-state index in [0.717, 1.165) is 18.5 Å². The fourth-order valence-corrected chi connectivity index (χ4v) is 2.39. The van der Waals surface area contributed by atoms with Gasteiger partial charge in [-0.3, -0.25) is 4.79 Å². The Balaban J connectivity index is 2.29. The Bertz CT molecular complexity index is 395. The highest BCUT2D eigenvalue weighted by atomic mass is 32.2. The molecule has 1 rings (SSSR count). The Morgan fingerprint density at radius 3 is 2.84 bits per heavy atom. The van der Waals surface area contributed by atoms with Crippen molar-refractivity contribution in [3.8, 4) is 0 Å². The van der Waals surface area contributed by atoms with E-state index < -0.39 is 0 Å². The van der Waals surface area contributed by atoms with E-state index >= 15 is 0 Å². The van der Waals surface area contributed by atoms with Crippen molar-refractivity contribution >= 4 is 23.4 Å². The van der Waals surface area contributed by atoms with Gasteiger partial charge in [-0.05, 0) is 49.5 Å². The minimum absolute atomic E-state index is 0.0791. The first-order valence-corrected chi connectivity index (χ1v) is 8.16. The van der Waals surface area contributed by atoms with Crippen LogP contribution >= 0.6 is 11.8 Å². The number of nitrogens with one attached hydrogen (secondary N) is 1. The number of nitrogens with two attached hydrogens (primary N) is 1. The molecule has 4 heteroatoms. The normalized spacial score (nSPS) is 12.1. The molecule has 0 radical (unpaired) electrons. The Morgan fingerprint density at radius 1 is 1.37 bits per heavy atom. The predicted molar refractivity (Wildman–Crippen MR) is 84.5 cm³/mol. The van der Waals surface area contributed by atoms with Gasteiger partial charge >= 0.3 is 0 Å². The van der Waals surface area contributed by atoms with Gasteiger partial charge in [-0.1, -0.05) is 18.6 Å². The summed E-state index contributed by atoms with van der Waals surface area (Å²) in [5, 5.41) is 2.99. The molecular weight excluding hydrogens is 256 g/mol. The maximum Gasteiger partial charge on any atom is 0.227 e. The molecule has 0 fully saturated rings. The lowest BCUT2D eigenvalue weighted by Crippen LogP contribution is -2.28. The lowest BCUT2D eigenvalue weighted by Gasteiger charge is -2.13. The van der Waals surface area contributed by atoms with Crippen molar-refractivity contribution < 1.29 is 4.79 Å². The SMILES string of the molecule is CSCCCCCNC(=O)C(C)c1cccc(N)c1. The van der Waals surface area contributed by atoms with E-state index in [2.05, 4.69) is 11.6 Å². The number of carbonyl (C=O) groups excluding carboxylic acids is 1. The van der Waals surface area contributed by atoms with Crippen molar-refractivity contribution in [2.45, 2.75) is 32.1 Å². The van der Waals surface area contributed by atoms with Crippen LogP contribution in [0.5, 0.6) is 0 Å². The third-order valence-corrected chi connectivity index (χ3v) is 3.83. The van der Waals surface area contributed by atoms with E-state index in [4.69, 9.17) is 5.73 Å². The summed E-state index contributed by atoms with van der Waals surface area (Å²) in [5.41, 5.74) is 7.41. The van der Waals surface area contributed by atoms with Crippen molar-refractivity contribution in [1.29, 1.82) is 0 Å². The highest BCUT2D eigenvalue weighted by molar-refractivity contribution is 7.98. The van der Waals surface area contributed by atoms with Crippen LogP contribution in [0.4, 0.5) is 5.69 Å².